The van der Waals surface area contributed by atoms with Crippen LogP contribution >= 0.6 is 0 Å². The lowest BCUT2D eigenvalue weighted by Crippen LogP contribution is -2.45. The molecule has 1 amide bonds. The van der Waals surface area contributed by atoms with Gasteiger partial charge in [-0.1, -0.05) is 0 Å². The molecule has 1 aromatic carbocycles. The van der Waals surface area contributed by atoms with Gasteiger partial charge < -0.3 is 19.7 Å². The van der Waals surface area contributed by atoms with Crippen molar-refractivity contribution in [1.82, 2.24) is 4.98 Å². The van der Waals surface area contributed by atoms with Crippen molar-refractivity contribution in [2.45, 2.75) is 18.6 Å². The van der Waals surface area contributed by atoms with Crippen LogP contribution in [0.1, 0.15) is 28.9 Å². The molecule has 1 spiro atoms. The highest BCUT2D eigenvalue weighted by molar-refractivity contribution is 6.02. The number of aromatic nitrogens is 1. The molecule has 0 saturated carbocycles. The van der Waals surface area contributed by atoms with Gasteiger partial charge in [-0.3, -0.25) is 4.79 Å². The van der Waals surface area contributed by atoms with Gasteiger partial charge in [0.25, 0.3) is 5.91 Å². The van der Waals surface area contributed by atoms with E-state index in [1.807, 2.05) is 12.1 Å². The van der Waals surface area contributed by atoms with Crippen LogP contribution in [0.15, 0.2) is 42.6 Å². The predicted octanol–water partition coefficient (Wildman–Crippen LogP) is 2.55. The molecule has 27 heavy (non-hydrogen) atoms. The normalized spacial score (nSPS) is 18.3. The lowest BCUT2D eigenvalue weighted by atomic mass is 10.0. The van der Waals surface area contributed by atoms with E-state index in [1.165, 1.54) is 0 Å². The fourth-order valence-corrected chi connectivity index (χ4v) is 3.42. The maximum absolute atomic E-state index is 12.3. The number of carbonyl (C=O) groups excluding carboxylic acids is 1. The number of nitriles is 1. The first-order valence-electron chi connectivity index (χ1n) is 8.98. The molecule has 1 N–H and O–H groups in total. The number of nitrogens with zero attached hydrogens (tertiary/aromatic N) is 3. The molecule has 0 radical (unpaired) electrons. The number of amides is 1. The van der Waals surface area contributed by atoms with Crippen molar-refractivity contribution in [2.24, 2.45) is 0 Å². The Labute approximate surface area is 157 Å². The standard InChI is InChI=1S/C20H20N4O3/c21-13-15-1-3-16(4-2-15)23-19(25)18-6-5-17(14-22-18)24-9-7-20(8-10-24)26-11-12-27-20/h1-6,14H,7-12H2,(H,23,25). The third kappa shape index (κ3) is 3.77. The van der Waals surface area contributed by atoms with Crippen LogP contribution < -0.4 is 10.2 Å². The molecule has 2 aromatic rings. The number of hydrogen-bond acceptors (Lipinski definition) is 6. The Morgan fingerprint density at radius 1 is 1.11 bits per heavy atom. The van der Waals surface area contributed by atoms with Crippen molar-refractivity contribution in [3.05, 3.63) is 53.9 Å². The van der Waals surface area contributed by atoms with E-state index < -0.39 is 5.79 Å². The molecule has 2 aliphatic rings. The van der Waals surface area contributed by atoms with Gasteiger partial charge in [-0.2, -0.15) is 5.26 Å². The first-order chi connectivity index (χ1) is 13.2. The average Bonchev–Trinajstić information content (AvgIpc) is 3.17. The number of piperidine rings is 1. The number of rotatable bonds is 3. The molecule has 7 nitrogen and oxygen atoms in total. The summed E-state index contributed by atoms with van der Waals surface area (Å²) in [7, 11) is 0. The Morgan fingerprint density at radius 2 is 1.81 bits per heavy atom. The van der Waals surface area contributed by atoms with Gasteiger partial charge in [0.15, 0.2) is 5.79 Å². The van der Waals surface area contributed by atoms with Crippen LogP contribution in [0.25, 0.3) is 0 Å². The summed E-state index contributed by atoms with van der Waals surface area (Å²) >= 11 is 0. The molecule has 2 saturated heterocycles. The van der Waals surface area contributed by atoms with Crippen LogP contribution in [0, 0.1) is 11.3 Å². The zero-order chi connectivity index (χ0) is 18.7. The zero-order valence-electron chi connectivity index (χ0n) is 14.9. The van der Waals surface area contributed by atoms with E-state index in [1.54, 1.807) is 36.5 Å². The molecule has 0 bridgehead atoms. The predicted molar refractivity (Wildman–Crippen MR) is 99.4 cm³/mol. The van der Waals surface area contributed by atoms with Crippen LogP contribution in [-0.4, -0.2) is 43.0 Å². The molecule has 2 fully saturated rings. The van der Waals surface area contributed by atoms with Crippen LogP contribution in [0.2, 0.25) is 0 Å². The van der Waals surface area contributed by atoms with E-state index in [-0.39, 0.29) is 5.91 Å². The van der Waals surface area contributed by atoms with Crippen molar-refractivity contribution in [1.29, 1.82) is 5.26 Å². The van der Waals surface area contributed by atoms with Crippen molar-refractivity contribution >= 4 is 17.3 Å². The number of benzene rings is 1. The van der Waals surface area contributed by atoms with Gasteiger partial charge in [0.05, 0.1) is 36.7 Å². The van der Waals surface area contributed by atoms with Gasteiger partial charge in [0.1, 0.15) is 5.69 Å². The highest BCUT2D eigenvalue weighted by atomic mass is 16.7. The second kappa shape index (κ2) is 7.35. The van der Waals surface area contributed by atoms with Crippen molar-refractivity contribution in [3.63, 3.8) is 0 Å². The zero-order valence-corrected chi connectivity index (χ0v) is 14.9. The first kappa shape index (κ1) is 17.5. The van der Waals surface area contributed by atoms with Crippen LogP contribution in [0.5, 0.6) is 0 Å². The third-order valence-corrected chi connectivity index (χ3v) is 4.96. The van der Waals surface area contributed by atoms with E-state index in [0.717, 1.165) is 31.6 Å². The molecular weight excluding hydrogens is 344 g/mol. The smallest absolute Gasteiger partial charge is 0.274 e. The van der Waals surface area contributed by atoms with Crippen LogP contribution in [0.4, 0.5) is 11.4 Å². The van der Waals surface area contributed by atoms with Crippen molar-refractivity contribution in [2.75, 3.05) is 36.5 Å². The molecule has 3 heterocycles. The summed E-state index contributed by atoms with van der Waals surface area (Å²) in [5.74, 6) is -0.679. The SMILES string of the molecule is N#Cc1ccc(NC(=O)c2ccc(N3CCC4(CC3)OCCO4)cn2)cc1. The molecule has 7 heteroatoms. The fraction of sp³-hybridized carbons (Fsp3) is 0.350. The average molecular weight is 364 g/mol. The van der Waals surface area contributed by atoms with Crippen molar-refractivity contribution < 1.29 is 14.3 Å². The van der Waals surface area contributed by atoms with E-state index in [4.69, 9.17) is 14.7 Å². The van der Waals surface area contributed by atoms with Gasteiger partial charge in [0.2, 0.25) is 0 Å². The molecule has 1 aromatic heterocycles. The summed E-state index contributed by atoms with van der Waals surface area (Å²) in [6.07, 6.45) is 3.38. The van der Waals surface area contributed by atoms with E-state index in [9.17, 15) is 4.79 Å². The summed E-state index contributed by atoms with van der Waals surface area (Å²) in [5.41, 5.74) is 2.51. The lowest BCUT2D eigenvalue weighted by Gasteiger charge is -2.38. The Morgan fingerprint density at radius 3 is 2.41 bits per heavy atom. The summed E-state index contributed by atoms with van der Waals surface area (Å²) in [4.78, 5) is 18.9. The van der Waals surface area contributed by atoms with Crippen LogP contribution in [0.3, 0.4) is 0 Å². The van der Waals surface area contributed by atoms with Crippen LogP contribution in [-0.2, 0) is 9.47 Å². The molecular formula is C20H20N4O3. The summed E-state index contributed by atoms with van der Waals surface area (Å²) < 4.78 is 11.5. The number of pyridine rings is 1. The topological polar surface area (TPSA) is 87.5 Å². The summed E-state index contributed by atoms with van der Waals surface area (Å²) in [6, 6.07) is 12.4. The van der Waals surface area contributed by atoms with E-state index in [0.29, 0.717) is 30.2 Å². The largest absolute Gasteiger partial charge is 0.370 e. The number of nitrogens with one attached hydrogen (secondary N) is 1. The minimum Gasteiger partial charge on any atom is -0.370 e. The summed E-state index contributed by atoms with van der Waals surface area (Å²) in [5, 5.41) is 11.6. The molecule has 0 unspecified atom stereocenters. The molecule has 0 aliphatic carbocycles. The number of anilines is 2. The number of carbonyl (C=O) groups is 1. The number of hydrogen-bond donors (Lipinski definition) is 1. The molecule has 138 valence electrons. The van der Waals surface area contributed by atoms with Gasteiger partial charge in [-0.15, -0.1) is 0 Å². The maximum atomic E-state index is 12.3. The minimum atomic E-state index is -0.398. The molecule has 0 atom stereocenters. The molecule has 4 rings (SSSR count). The molecule has 2 aliphatic heterocycles. The quantitative estimate of drug-likeness (QED) is 0.901. The first-order valence-corrected chi connectivity index (χ1v) is 8.98. The van der Waals surface area contributed by atoms with Gasteiger partial charge in [-0.25, -0.2) is 4.98 Å². The van der Waals surface area contributed by atoms with Gasteiger partial charge in [0, 0.05) is 31.6 Å². The van der Waals surface area contributed by atoms with Gasteiger partial charge >= 0.3 is 0 Å². The Bertz CT molecular complexity index is 842. The minimum absolute atomic E-state index is 0.281. The summed E-state index contributed by atoms with van der Waals surface area (Å²) in [6.45, 7) is 3.01. The third-order valence-electron chi connectivity index (χ3n) is 4.96. The Kier molecular flexibility index (Phi) is 4.75. The monoisotopic (exact) mass is 364 g/mol. The van der Waals surface area contributed by atoms with Crippen molar-refractivity contribution in [3.8, 4) is 6.07 Å². The highest BCUT2D eigenvalue weighted by Gasteiger charge is 2.39. The number of ether oxygens (including phenoxy) is 2. The second-order valence-corrected chi connectivity index (χ2v) is 6.64. The second-order valence-electron chi connectivity index (χ2n) is 6.64. The lowest BCUT2D eigenvalue weighted by molar-refractivity contribution is -0.169. The van der Waals surface area contributed by atoms with E-state index in [2.05, 4.69) is 15.2 Å². The highest BCUT2D eigenvalue weighted by Crippen LogP contribution is 2.33. The Balaban J connectivity index is 1.37. The maximum Gasteiger partial charge on any atom is 0.274 e. The van der Waals surface area contributed by atoms with Gasteiger partial charge in [-0.05, 0) is 36.4 Å². The fourth-order valence-electron chi connectivity index (χ4n) is 3.42. The van der Waals surface area contributed by atoms with E-state index >= 15 is 0 Å². The Hall–Kier alpha value is -2.95.